The molecule has 0 bridgehead atoms. The lowest BCUT2D eigenvalue weighted by molar-refractivity contribution is -0.125. The van der Waals surface area contributed by atoms with E-state index in [1.807, 2.05) is 25.7 Å². The van der Waals surface area contributed by atoms with Crippen LogP contribution in [-0.4, -0.2) is 72.7 Å². The fraction of sp³-hybridized carbons (Fsp3) is 0.789. The molecule has 151 valence electrons. The molecule has 27 heavy (non-hydrogen) atoms. The van der Waals surface area contributed by atoms with E-state index >= 15 is 0 Å². The summed E-state index contributed by atoms with van der Waals surface area (Å²) in [4.78, 5) is 29.1. The molecule has 2 heterocycles. The lowest BCUT2D eigenvalue weighted by Gasteiger charge is -2.38. The molecule has 0 saturated carbocycles. The highest BCUT2D eigenvalue weighted by atomic mass is 16.5. The summed E-state index contributed by atoms with van der Waals surface area (Å²) in [6.07, 6.45) is 1.54. The minimum Gasteiger partial charge on any atom is -0.378 e. The molecule has 8 nitrogen and oxygen atoms in total. The van der Waals surface area contributed by atoms with Gasteiger partial charge in [-0.3, -0.25) is 4.79 Å². The summed E-state index contributed by atoms with van der Waals surface area (Å²) in [5, 5.41) is 15.5. The minimum atomic E-state index is -0.898. The topological polar surface area (TPSA) is 97.7 Å². The van der Waals surface area contributed by atoms with Crippen LogP contribution < -0.4 is 10.6 Å². The molecular formula is C19H32N5O3. The van der Waals surface area contributed by atoms with Gasteiger partial charge in [0.1, 0.15) is 11.6 Å². The Hall–Kier alpha value is -1.85. The van der Waals surface area contributed by atoms with Gasteiger partial charge in [0.25, 0.3) is 0 Å². The van der Waals surface area contributed by atoms with Gasteiger partial charge in [0.05, 0.1) is 19.3 Å². The first kappa shape index (κ1) is 21.5. The molecule has 8 heteroatoms. The Morgan fingerprint density at radius 2 is 1.81 bits per heavy atom. The molecule has 3 amide bonds. The molecule has 1 atom stereocenters. The van der Waals surface area contributed by atoms with Gasteiger partial charge in [0.2, 0.25) is 5.91 Å². The number of nitriles is 1. The molecule has 2 rings (SSSR count). The molecular weight excluding hydrogens is 346 g/mol. The van der Waals surface area contributed by atoms with Crippen molar-refractivity contribution in [3.8, 4) is 6.07 Å². The predicted molar refractivity (Wildman–Crippen MR) is 101 cm³/mol. The Balaban J connectivity index is 2.06. The largest absolute Gasteiger partial charge is 0.378 e. The van der Waals surface area contributed by atoms with Crippen molar-refractivity contribution in [1.82, 2.24) is 20.4 Å². The number of urea groups is 1. The van der Waals surface area contributed by atoms with Gasteiger partial charge in [0.15, 0.2) is 0 Å². The number of hydrogen-bond donors (Lipinski definition) is 2. The monoisotopic (exact) mass is 378 g/mol. The Bertz CT molecular complexity index is 567. The molecule has 0 aliphatic carbocycles. The molecule has 0 aromatic rings. The summed E-state index contributed by atoms with van der Waals surface area (Å²) in [5.74, 6) is -0.300. The molecule has 0 spiro atoms. The summed E-state index contributed by atoms with van der Waals surface area (Å²) in [6.45, 7) is 9.40. The van der Waals surface area contributed by atoms with Crippen LogP contribution in [0.2, 0.25) is 0 Å². The average molecular weight is 378 g/mol. The Morgan fingerprint density at radius 3 is 2.33 bits per heavy atom. The van der Waals surface area contributed by atoms with Crippen LogP contribution in [-0.2, 0) is 9.53 Å². The van der Waals surface area contributed by atoms with Crippen molar-refractivity contribution < 1.29 is 14.3 Å². The number of carbonyl (C=O) groups is 2. The van der Waals surface area contributed by atoms with Gasteiger partial charge in [-0.25, -0.2) is 4.79 Å². The van der Waals surface area contributed by atoms with Gasteiger partial charge in [-0.2, -0.15) is 5.26 Å². The predicted octanol–water partition coefficient (Wildman–Crippen LogP) is 1.10. The second-order valence-corrected chi connectivity index (χ2v) is 8.67. The van der Waals surface area contributed by atoms with Crippen LogP contribution in [0.3, 0.4) is 0 Å². The number of morpholine rings is 1. The van der Waals surface area contributed by atoms with Crippen molar-refractivity contribution in [2.24, 2.45) is 5.41 Å². The highest BCUT2D eigenvalue weighted by Crippen LogP contribution is 2.24. The van der Waals surface area contributed by atoms with Gasteiger partial charge in [-0.1, -0.05) is 20.8 Å². The van der Waals surface area contributed by atoms with E-state index in [2.05, 4.69) is 23.8 Å². The van der Waals surface area contributed by atoms with Crippen molar-refractivity contribution >= 4 is 11.9 Å². The molecule has 2 aliphatic heterocycles. The maximum atomic E-state index is 13.0. The van der Waals surface area contributed by atoms with E-state index < -0.39 is 11.6 Å². The fourth-order valence-corrected chi connectivity index (χ4v) is 3.35. The second-order valence-electron chi connectivity index (χ2n) is 8.67. The first-order valence-corrected chi connectivity index (χ1v) is 9.56. The van der Waals surface area contributed by atoms with Crippen LogP contribution in [0.15, 0.2) is 0 Å². The Kier molecular flexibility index (Phi) is 7.06. The highest BCUT2D eigenvalue weighted by molar-refractivity contribution is 5.88. The number of hydrogen-bond acceptors (Lipinski definition) is 5. The Labute approximate surface area is 162 Å². The smallest absolute Gasteiger partial charge is 0.318 e. The number of likely N-dealkylation sites (tertiary alicyclic amines) is 1. The maximum absolute atomic E-state index is 13.0. The number of rotatable bonds is 4. The third-order valence-electron chi connectivity index (χ3n) is 5.02. The minimum absolute atomic E-state index is 0.156. The first-order chi connectivity index (χ1) is 12.6. The molecule has 1 radical (unpaired) electrons. The number of carbonyl (C=O) groups excluding carboxylic acids is 2. The molecule has 2 aliphatic rings. The van der Waals surface area contributed by atoms with Crippen molar-refractivity contribution in [2.75, 3.05) is 39.4 Å². The van der Waals surface area contributed by atoms with Gasteiger partial charge in [-0.15, -0.1) is 0 Å². The maximum Gasteiger partial charge on any atom is 0.318 e. The number of ether oxygens (including phenoxy) is 1. The molecule has 0 aromatic carbocycles. The van der Waals surface area contributed by atoms with Crippen LogP contribution in [0.5, 0.6) is 0 Å². The van der Waals surface area contributed by atoms with Crippen molar-refractivity contribution in [3.05, 3.63) is 7.05 Å². The average Bonchev–Trinajstić information content (AvgIpc) is 2.63. The third kappa shape index (κ3) is 6.36. The van der Waals surface area contributed by atoms with Gasteiger partial charge < -0.3 is 25.2 Å². The lowest BCUT2D eigenvalue weighted by atomic mass is 9.85. The third-order valence-corrected chi connectivity index (χ3v) is 5.02. The van der Waals surface area contributed by atoms with Crippen LogP contribution in [0.25, 0.3) is 0 Å². The normalized spacial score (nSPS) is 21.8. The van der Waals surface area contributed by atoms with E-state index in [1.54, 1.807) is 4.90 Å². The van der Waals surface area contributed by atoms with E-state index in [9.17, 15) is 14.9 Å². The molecule has 2 fully saturated rings. The zero-order valence-corrected chi connectivity index (χ0v) is 16.7. The lowest BCUT2D eigenvalue weighted by Crippen LogP contribution is -2.60. The number of nitrogens with one attached hydrogen (secondary N) is 2. The van der Waals surface area contributed by atoms with Gasteiger partial charge in [-0.05, 0) is 24.7 Å². The molecule has 2 N–H and O–H groups in total. The Morgan fingerprint density at radius 1 is 1.22 bits per heavy atom. The first-order valence-electron chi connectivity index (χ1n) is 9.56. The van der Waals surface area contributed by atoms with E-state index in [0.29, 0.717) is 58.7 Å². The van der Waals surface area contributed by atoms with Crippen LogP contribution in [0.4, 0.5) is 4.79 Å². The van der Waals surface area contributed by atoms with Crippen LogP contribution >= 0.6 is 0 Å². The van der Waals surface area contributed by atoms with Crippen molar-refractivity contribution in [1.29, 1.82) is 5.26 Å². The standard InChI is InChI=1S/C19H32N5O3/c1-18(2,3)13-15(21-17(26)24-9-11-27-12-10-24)16(25)22-19(14-20)5-7-23(4)8-6-19/h15H,4-13H2,1-3H3,(H,21,26)(H,22,25)/t15-/m0/s1. The van der Waals surface area contributed by atoms with E-state index in [-0.39, 0.29) is 17.4 Å². The van der Waals surface area contributed by atoms with Gasteiger partial charge >= 0.3 is 6.03 Å². The number of piperidine rings is 1. The zero-order chi connectivity index (χ0) is 20.1. The number of nitrogens with zero attached hydrogens (tertiary/aromatic N) is 3. The summed E-state index contributed by atoms with van der Waals surface area (Å²) in [7, 11) is 3.89. The molecule has 0 aromatic heterocycles. The van der Waals surface area contributed by atoms with E-state index in [0.717, 1.165) is 0 Å². The quantitative estimate of drug-likeness (QED) is 0.763. The van der Waals surface area contributed by atoms with E-state index in [4.69, 9.17) is 4.74 Å². The van der Waals surface area contributed by atoms with Crippen LogP contribution in [0.1, 0.15) is 40.0 Å². The van der Waals surface area contributed by atoms with Crippen molar-refractivity contribution in [3.63, 3.8) is 0 Å². The van der Waals surface area contributed by atoms with E-state index in [1.165, 1.54) is 0 Å². The SMILES string of the molecule is [CH2]N1CCC(C#N)(NC(=O)[C@H](CC(C)(C)C)NC(=O)N2CCOCC2)CC1. The summed E-state index contributed by atoms with van der Waals surface area (Å²) >= 11 is 0. The van der Waals surface area contributed by atoms with Crippen molar-refractivity contribution in [2.45, 2.75) is 51.6 Å². The highest BCUT2D eigenvalue weighted by Gasteiger charge is 2.38. The zero-order valence-electron chi connectivity index (χ0n) is 16.7. The second kappa shape index (κ2) is 8.89. The van der Waals surface area contributed by atoms with Crippen LogP contribution in [0, 0.1) is 23.8 Å². The summed E-state index contributed by atoms with van der Waals surface area (Å²) in [6, 6.07) is 1.32. The van der Waals surface area contributed by atoms with Gasteiger partial charge in [0, 0.05) is 33.2 Å². The fourth-order valence-electron chi connectivity index (χ4n) is 3.35. The molecule has 2 saturated heterocycles. The summed E-state index contributed by atoms with van der Waals surface area (Å²) < 4.78 is 5.27. The molecule has 0 unspecified atom stereocenters. The summed E-state index contributed by atoms with van der Waals surface area (Å²) in [5.41, 5.74) is -1.05. The number of amides is 3.